The predicted octanol–water partition coefficient (Wildman–Crippen LogP) is 2.32. The van der Waals surface area contributed by atoms with E-state index in [2.05, 4.69) is 10.2 Å². The maximum atomic E-state index is 5.68. The van der Waals surface area contributed by atoms with E-state index in [0.717, 1.165) is 23.0 Å². The van der Waals surface area contributed by atoms with Gasteiger partial charge in [0, 0.05) is 6.20 Å². The molecule has 3 rings (SSSR count). The van der Waals surface area contributed by atoms with Crippen molar-refractivity contribution < 1.29 is 9.47 Å². The van der Waals surface area contributed by atoms with Crippen LogP contribution in [0, 0.1) is 0 Å². The van der Waals surface area contributed by atoms with Crippen LogP contribution >= 0.6 is 0 Å². The first kappa shape index (κ1) is 11.5. The monoisotopic (exact) mass is 255 g/mol. The Hall–Kier alpha value is -2.56. The maximum Gasteiger partial charge on any atom is 0.175 e. The zero-order valence-electron chi connectivity index (χ0n) is 10.5. The van der Waals surface area contributed by atoms with Crippen molar-refractivity contribution in [3.8, 4) is 11.5 Å². The van der Waals surface area contributed by atoms with Crippen molar-refractivity contribution in [2.24, 2.45) is 0 Å². The summed E-state index contributed by atoms with van der Waals surface area (Å²) in [6.45, 7) is 0.373. The highest BCUT2D eigenvalue weighted by Crippen LogP contribution is 2.18. The average Bonchev–Trinajstić information content (AvgIpc) is 2.89. The van der Waals surface area contributed by atoms with E-state index in [1.54, 1.807) is 7.11 Å². The summed E-state index contributed by atoms with van der Waals surface area (Å²) in [6.07, 6.45) is 1.92. The Morgan fingerprint density at radius 1 is 1.00 bits per heavy atom. The molecule has 3 aromatic rings. The number of fused-ring (bicyclic) bond motifs is 1. The zero-order valence-corrected chi connectivity index (χ0v) is 10.5. The quantitative estimate of drug-likeness (QED) is 0.717. The van der Waals surface area contributed by atoms with Gasteiger partial charge in [0.2, 0.25) is 0 Å². The molecule has 0 spiro atoms. The summed E-state index contributed by atoms with van der Waals surface area (Å²) in [7, 11) is 1.64. The molecule has 19 heavy (non-hydrogen) atoms. The summed E-state index contributed by atoms with van der Waals surface area (Å²) in [5.74, 6) is 2.35. The van der Waals surface area contributed by atoms with E-state index in [9.17, 15) is 0 Å². The summed E-state index contributed by atoms with van der Waals surface area (Å²) < 4.78 is 12.7. The molecule has 96 valence electrons. The Morgan fingerprint density at radius 3 is 2.58 bits per heavy atom. The molecule has 0 amide bonds. The lowest BCUT2D eigenvalue weighted by molar-refractivity contribution is 0.294. The average molecular weight is 255 g/mol. The van der Waals surface area contributed by atoms with Crippen molar-refractivity contribution in [2.45, 2.75) is 6.61 Å². The number of methoxy groups -OCH3 is 1. The van der Waals surface area contributed by atoms with Gasteiger partial charge in [-0.3, -0.25) is 4.40 Å². The van der Waals surface area contributed by atoms with Crippen LogP contribution in [0.1, 0.15) is 5.82 Å². The van der Waals surface area contributed by atoms with Gasteiger partial charge in [0.25, 0.3) is 0 Å². The van der Waals surface area contributed by atoms with Crippen LogP contribution in [0.4, 0.5) is 0 Å². The topological polar surface area (TPSA) is 48.7 Å². The van der Waals surface area contributed by atoms with Gasteiger partial charge in [-0.25, -0.2) is 0 Å². The number of rotatable bonds is 4. The molecule has 0 radical (unpaired) electrons. The lowest BCUT2D eigenvalue weighted by Gasteiger charge is -2.05. The summed E-state index contributed by atoms with van der Waals surface area (Å²) in [4.78, 5) is 0. The molecule has 2 aromatic heterocycles. The van der Waals surface area contributed by atoms with Crippen molar-refractivity contribution in [2.75, 3.05) is 7.11 Å². The molecule has 0 atom stereocenters. The largest absolute Gasteiger partial charge is 0.497 e. The van der Waals surface area contributed by atoms with Gasteiger partial charge in [-0.05, 0) is 36.4 Å². The van der Waals surface area contributed by atoms with Crippen LogP contribution in [0.2, 0.25) is 0 Å². The Morgan fingerprint density at radius 2 is 1.79 bits per heavy atom. The lowest BCUT2D eigenvalue weighted by atomic mass is 10.3. The third kappa shape index (κ3) is 2.35. The number of hydrogen-bond acceptors (Lipinski definition) is 4. The van der Waals surface area contributed by atoms with Crippen LogP contribution in [0.25, 0.3) is 5.65 Å². The smallest absolute Gasteiger partial charge is 0.175 e. The van der Waals surface area contributed by atoms with E-state index < -0.39 is 0 Å². The van der Waals surface area contributed by atoms with Gasteiger partial charge >= 0.3 is 0 Å². The third-order valence-electron chi connectivity index (χ3n) is 2.81. The van der Waals surface area contributed by atoms with Crippen molar-refractivity contribution in [1.29, 1.82) is 0 Å². The number of benzene rings is 1. The van der Waals surface area contributed by atoms with Gasteiger partial charge in [0.1, 0.15) is 18.1 Å². The second-order valence-corrected chi connectivity index (χ2v) is 4.01. The summed E-state index contributed by atoms with van der Waals surface area (Å²) in [6, 6.07) is 13.2. The second kappa shape index (κ2) is 4.97. The number of aromatic nitrogens is 3. The van der Waals surface area contributed by atoms with Crippen LogP contribution in [0.15, 0.2) is 48.7 Å². The van der Waals surface area contributed by atoms with Crippen LogP contribution in [-0.2, 0) is 6.61 Å². The highest BCUT2D eigenvalue weighted by atomic mass is 16.5. The molecule has 0 fully saturated rings. The van der Waals surface area contributed by atoms with E-state index in [1.165, 1.54) is 0 Å². The fourth-order valence-corrected chi connectivity index (χ4v) is 1.81. The Bertz CT molecular complexity index is 676. The third-order valence-corrected chi connectivity index (χ3v) is 2.81. The normalized spacial score (nSPS) is 10.6. The molecule has 5 nitrogen and oxygen atoms in total. The molecule has 0 N–H and O–H groups in total. The van der Waals surface area contributed by atoms with E-state index >= 15 is 0 Å². The fourth-order valence-electron chi connectivity index (χ4n) is 1.81. The fraction of sp³-hybridized carbons (Fsp3) is 0.143. The van der Waals surface area contributed by atoms with E-state index in [4.69, 9.17) is 9.47 Å². The zero-order chi connectivity index (χ0) is 13.1. The summed E-state index contributed by atoms with van der Waals surface area (Å²) in [5, 5.41) is 8.18. The van der Waals surface area contributed by atoms with Gasteiger partial charge in [0.05, 0.1) is 7.11 Å². The van der Waals surface area contributed by atoms with Crippen molar-refractivity contribution in [1.82, 2.24) is 14.6 Å². The highest BCUT2D eigenvalue weighted by molar-refractivity contribution is 5.37. The molecule has 2 heterocycles. The molecular formula is C14H13N3O2. The van der Waals surface area contributed by atoms with Crippen LogP contribution in [0.3, 0.4) is 0 Å². The minimum Gasteiger partial charge on any atom is -0.497 e. The molecule has 0 aliphatic rings. The molecule has 0 aliphatic heterocycles. The van der Waals surface area contributed by atoms with Crippen molar-refractivity contribution in [3.05, 3.63) is 54.5 Å². The van der Waals surface area contributed by atoms with Gasteiger partial charge in [0.15, 0.2) is 11.5 Å². The Kier molecular flexibility index (Phi) is 3.02. The number of nitrogens with zero attached hydrogens (tertiary/aromatic N) is 3. The highest BCUT2D eigenvalue weighted by Gasteiger charge is 2.05. The van der Waals surface area contributed by atoms with E-state index in [-0.39, 0.29) is 0 Å². The molecule has 0 aliphatic carbocycles. The van der Waals surface area contributed by atoms with Crippen LogP contribution < -0.4 is 9.47 Å². The van der Waals surface area contributed by atoms with Crippen molar-refractivity contribution >= 4 is 5.65 Å². The standard InChI is InChI=1S/C14H13N3O2/c1-18-11-5-7-12(8-6-11)19-10-14-16-15-13-4-2-3-9-17(13)14/h2-9H,10H2,1H3. The number of pyridine rings is 1. The summed E-state index contributed by atoms with van der Waals surface area (Å²) >= 11 is 0. The van der Waals surface area contributed by atoms with Crippen LogP contribution in [-0.4, -0.2) is 21.7 Å². The van der Waals surface area contributed by atoms with Gasteiger partial charge in [-0.2, -0.15) is 0 Å². The molecule has 1 aromatic carbocycles. The van der Waals surface area contributed by atoms with Crippen molar-refractivity contribution in [3.63, 3.8) is 0 Å². The first-order valence-corrected chi connectivity index (χ1v) is 5.92. The number of hydrogen-bond donors (Lipinski definition) is 0. The predicted molar refractivity (Wildman–Crippen MR) is 70.3 cm³/mol. The molecule has 0 saturated carbocycles. The molecule has 0 bridgehead atoms. The molecular weight excluding hydrogens is 242 g/mol. The molecule has 0 unspecified atom stereocenters. The maximum absolute atomic E-state index is 5.68. The van der Waals surface area contributed by atoms with Gasteiger partial charge in [-0.15, -0.1) is 10.2 Å². The van der Waals surface area contributed by atoms with E-state index in [0.29, 0.717) is 6.61 Å². The lowest BCUT2D eigenvalue weighted by Crippen LogP contribution is -2.01. The minimum absolute atomic E-state index is 0.373. The van der Waals surface area contributed by atoms with E-state index in [1.807, 2.05) is 53.1 Å². The minimum atomic E-state index is 0.373. The van der Waals surface area contributed by atoms with Crippen LogP contribution in [0.5, 0.6) is 11.5 Å². The first-order chi connectivity index (χ1) is 9.36. The second-order valence-electron chi connectivity index (χ2n) is 4.01. The Labute approximate surface area is 110 Å². The SMILES string of the molecule is COc1ccc(OCc2nnc3ccccn23)cc1. The molecule has 0 saturated heterocycles. The van der Waals surface area contributed by atoms with Gasteiger partial charge < -0.3 is 9.47 Å². The summed E-state index contributed by atoms with van der Waals surface area (Å²) in [5.41, 5.74) is 0.816. The molecule has 5 heteroatoms. The van der Waals surface area contributed by atoms with Gasteiger partial charge in [-0.1, -0.05) is 6.07 Å². The Balaban J connectivity index is 1.74. The number of ether oxygens (including phenoxy) is 2. The first-order valence-electron chi connectivity index (χ1n) is 5.92.